The first-order valence-electron chi connectivity index (χ1n) is 9.68. The van der Waals surface area contributed by atoms with Gasteiger partial charge in [-0.05, 0) is 38.8 Å². The number of amides is 3. The van der Waals surface area contributed by atoms with Crippen molar-refractivity contribution in [2.75, 3.05) is 27.9 Å². The monoisotopic (exact) mass is 430 g/mol. The number of rotatable bonds is 4. The lowest BCUT2D eigenvalue weighted by Gasteiger charge is -2.37. The van der Waals surface area contributed by atoms with Gasteiger partial charge in [0.2, 0.25) is 11.9 Å². The fraction of sp³-hybridized carbons (Fsp3) is 0.421. The number of hydrogen-bond donors (Lipinski definition) is 4. The van der Waals surface area contributed by atoms with Crippen LogP contribution in [0.4, 0.5) is 27.9 Å². The lowest BCUT2D eigenvalue weighted by molar-refractivity contribution is -0.117. The molecule has 0 bridgehead atoms. The van der Waals surface area contributed by atoms with Crippen molar-refractivity contribution < 1.29 is 9.59 Å². The molecule has 1 aliphatic heterocycles. The fourth-order valence-corrected chi connectivity index (χ4v) is 3.56. The number of halogens is 1. The van der Waals surface area contributed by atoms with Gasteiger partial charge in [-0.1, -0.05) is 11.6 Å². The summed E-state index contributed by atoms with van der Waals surface area (Å²) in [5.41, 5.74) is 1.93. The zero-order valence-electron chi connectivity index (χ0n) is 16.9. The number of anilines is 4. The molecule has 10 nitrogen and oxygen atoms in total. The largest absolute Gasteiger partial charge is 0.351 e. The Labute approximate surface area is 178 Å². The first-order chi connectivity index (χ1) is 14.3. The van der Waals surface area contributed by atoms with Gasteiger partial charge >= 0.3 is 6.03 Å². The van der Waals surface area contributed by atoms with Crippen LogP contribution in [-0.4, -0.2) is 52.1 Å². The van der Waals surface area contributed by atoms with Gasteiger partial charge in [-0.25, -0.2) is 14.8 Å². The lowest BCUT2D eigenvalue weighted by atomic mass is 9.87. The van der Waals surface area contributed by atoms with Crippen LogP contribution in [0.5, 0.6) is 0 Å². The summed E-state index contributed by atoms with van der Waals surface area (Å²) in [6, 6.07) is 2.94. The van der Waals surface area contributed by atoms with Crippen molar-refractivity contribution in [1.82, 2.24) is 20.3 Å². The van der Waals surface area contributed by atoms with E-state index in [2.05, 4.69) is 36.2 Å². The summed E-state index contributed by atoms with van der Waals surface area (Å²) in [6.07, 6.45) is 3.02. The van der Waals surface area contributed by atoms with E-state index in [9.17, 15) is 9.59 Å². The summed E-state index contributed by atoms with van der Waals surface area (Å²) < 4.78 is 0. The van der Waals surface area contributed by atoms with Crippen molar-refractivity contribution in [3.63, 3.8) is 0 Å². The number of aromatic nitrogens is 3. The Morgan fingerprint density at radius 1 is 1.27 bits per heavy atom. The van der Waals surface area contributed by atoms with Gasteiger partial charge in [-0.2, -0.15) is 4.98 Å². The Morgan fingerprint density at radius 2 is 2.03 bits per heavy atom. The van der Waals surface area contributed by atoms with E-state index in [1.807, 2.05) is 25.8 Å². The maximum absolute atomic E-state index is 12.1. The number of urea groups is 1. The van der Waals surface area contributed by atoms with Crippen LogP contribution in [0.3, 0.4) is 0 Å². The number of fused-ring (bicyclic) bond motifs is 1. The van der Waals surface area contributed by atoms with E-state index in [1.165, 1.54) is 6.20 Å². The molecule has 30 heavy (non-hydrogen) atoms. The number of likely N-dealkylation sites (N-methyl/N-ethyl adjacent to an activating group) is 1. The molecular weight excluding hydrogens is 408 g/mol. The average Bonchev–Trinajstić information content (AvgIpc) is 2.67. The maximum atomic E-state index is 12.1. The number of carbonyl (C=O) groups excluding carboxylic acids is 2. The molecule has 0 spiro atoms. The highest BCUT2D eigenvalue weighted by atomic mass is 35.5. The smallest absolute Gasteiger partial charge is 0.319 e. The molecule has 1 saturated carbocycles. The minimum absolute atomic E-state index is 0.0588. The molecule has 4 rings (SSSR count). The second-order valence-corrected chi connectivity index (χ2v) is 7.97. The van der Waals surface area contributed by atoms with Crippen molar-refractivity contribution in [2.45, 2.75) is 44.8 Å². The van der Waals surface area contributed by atoms with E-state index < -0.39 is 0 Å². The van der Waals surface area contributed by atoms with E-state index in [0.29, 0.717) is 34.0 Å². The summed E-state index contributed by atoms with van der Waals surface area (Å²) in [5, 5.41) is 12.2. The molecular formula is C19H23ClN8O2. The van der Waals surface area contributed by atoms with Crippen LogP contribution < -0.4 is 26.2 Å². The molecule has 0 saturated heterocycles. The van der Waals surface area contributed by atoms with E-state index in [-0.39, 0.29) is 30.1 Å². The topological polar surface area (TPSA) is 124 Å². The van der Waals surface area contributed by atoms with Crippen molar-refractivity contribution >= 4 is 46.7 Å². The van der Waals surface area contributed by atoms with Gasteiger partial charge in [0.05, 0.1) is 17.6 Å². The van der Waals surface area contributed by atoms with Gasteiger partial charge in [0, 0.05) is 19.1 Å². The van der Waals surface area contributed by atoms with Crippen LogP contribution in [-0.2, 0) is 4.79 Å². The third kappa shape index (κ3) is 4.09. The van der Waals surface area contributed by atoms with Crippen LogP contribution in [0, 0.1) is 6.92 Å². The van der Waals surface area contributed by atoms with Crippen molar-refractivity contribution in [3.05, 3.63) is 29.2 Å². The molecule has 1 aliphatic carbocycles. The molecule has 2 aromatic rings. The highest BCUT2D eigenvalue weighted by molar-refractivity contribution is 6.29. The van der Waals surface area contributed by atoms with E-state index >= 15 is 0 Å². The predicted octanol–water partition coefficient (Wildman–Crippen LogP) is 2.37. The van der Waals surface area contributed by atoms with Crippen LogP contribution in [0.2, 0.25) is 5.15 Å². The summed E-state index contributed by atoms with van der Waals surface area (Å²) >= 11 is 5.74. The molecule has 0 aromatic carbocycles. The Bertz CT molecular complexity index is 977. The molecule has 3 amide bonds. The SMILES string of the molecule is Cc1nc(N[C@H]2C[C@@H](NC(=O)Nc3ccc(Cl)nc3)C2)nc2c1NC(=O)[C@H](C)N2C. The molecule has 4 N–H and O–H groups in total. The molecule has 3 heterocycles. The highest BCUT2D eigenvalue weighted by Gasteiger charge is 2.33. The average molecular weight is 431 g/mol. The highest BCUT2D eigenvalue weighted by Crippen LogP contribution is 2.33. The summed E-state index contributed by atoms with van der Waals surface area (Å²) in [7, 11) is 1.84. The maximum Gasteiger partial charge on any atom is 0.319 e. The van der Waals surface area contributed by atoms with E-state index in [1.54, 1.807) is 12.1 Å². The quantitative estimate of drug-likeness (QED) is 0.549. The summed E-state index contributed by atoms with van der Waals surface area (Å²) in [6.45, 7) is 3.67. The van der Waals surface area contributed by atoms with Gasteiger partial charge < -0.3 is 26.2 Å². The molecule has 2 aromatic heterocycles. The van der Waals surface area contributed by atoms with Crippen LogP contribution in [0.1, 0.15) is 25.5 Å². The van der Waals surface area contributed by atoms with Crippen molar-refractivity contribution in [2.24, 2.45) is 0 Å². The van der Waals surface area contributed by atoms with Gasteiger partial charge in [0.1, 0.15) is 16.9 Å². The molecule has 11 heteroatoms. The third-order valence-electron chi connectivity index (χ3n) is 5.41. The molecule has 2 aliphatic rings. The Hall–Kier alpha value is -3.14. The Morgan fingerprint density at radius 3 is 2.73 bits per heavy atom. The van der Waals surface area contributed by atoms with Gasteiger partial charge in [0.15, 0.2) is 5.82 Å². The molecule has 1 atom stereocenters. The zero-order chi connectivity index (χ0) is 21.4. The second kappa shape index (κ2) is 7.94. The molecule has 158 valence electrons. The molecule has 0 unspecified atom stereocenters. The summed E-state index contributed by atoms with van der Waals surface area (Å²) in [5.74, 6) is 1.14. The summed E-state index contributed by atoms with van der Waals surface area (Å²) in [4.78, 5) is 38.9. The molecule has 1 fully saturated rings. The van der Waals surface area contributed by atoms with Crippen LogP contribution in [0.25, 0.3) is 0 Å². The number of carbonyl (C=O) groups is 2. The second-order valence-electron chi connectivity index (χ2n) is 7.59. The minimum atomic E-state index is -0.300. The molecule has 0 radical (unpaired) electrons. The van der Waals surface area contributed by atoms with E-state index in [0.717, 1.165) is 12.8 Å². The number of aryl methyl sites for hydroxylation is 1. The zero-order valence-corrected chi connectivity index (χ0v) is 17.6. The number of pyridine rings is 1. The lowest BCUT2D eigenvalue weighted by Crippen LogP contribution is -2.51. The van der Waals surface area contributed by atoms with Gasteiger partial charge in [0.25, 0.3) is 0 Å². The van der Waals surface area contributed by atoms with Crippen molar-refractivity contribution in [1.29, 1.82) is 0 Å². The fourth-order valence-electron chi connectivity index (χ4n) is 3.45. The first-order valence-corrected chi connectivity index (χ1v) is 10.1. The minimum Gasteiger partial charge on any atom is -0.351 e. The number of hydrogen-bond acceptors (Lipinski definition) is 7. The predicted molar refractivity (Wildman–Crippen MR) is 115 cm³/mol. The van der Waals surface area contributed by atoms with Crippen LogP contribution >= 0.6 is 11.6 Å². The first kappa shape index (κ1) is 20.1. The normalized spacial score (nSPS) is 22.5. The standard InChI is InChI=1S/C19H23ClN8O2/c1-9-15-16(28(3)10(2)17(29)26-15)27-18(22-9)23-12-6-13(7-12)25-19(30)24-11-4-5-14(20)21-8-11/h4-5,8,10,12-13H,6-7H2,1-3H3,(H,26,29)(H,22,23,27)(H2,24,25,30)/t10-,12-,13+/m0/s1. The van der Waals surface area contributed by atoms with Gasteiger partial charge in [-0.3, -0.25) is 4.79 Å². The van der Waals surface area contributed by atoms with Gasteiger partial charge in [-0.15, -0.1) is 0 Å². The van der Waals surface area contributed by atoms with E-state index in [4.69, 9.17) is 11.6 Å². The van der Waals surface area contributed by atoms with Crippen molar-refractivity contribution in [3.8, 4) is 0 Å². The third-order valence-corrected chi connectivity index (χ3v) is 5.63. The van der Waals surface area contributed by atoms with Crippen LogP contribution in [0.15, 0.2) is 18.3 Å². The number of nitrogens with one attached hydrogen (secondary N) is 4. The Kier molecular flexibility index (Phi) is 5.33. The Balaban J connectivity index is 1.31. The number of nitrogens with zero attached hydrogens (tertiary/aromatic N) is 4.